The molecule has 3 heterocycles. The van der Waals surface area contributed by atoms with Crippen molar-refractivity contribution in [2.45, 2.75) is 61.5 Å². The zero-order valence-electron chi connectivity index (χ0n) is 18.5. The molecule has 1 aromatic carbocycles. The number of rotatable bonds is 7. The Morgan fingerprint density at radius 1 is 1.19 bits per heavy atom. The minimum Gasteiger partial charge on any atom is -0.497 e. The van der Waals surface area contributed by atoms with Crippen LogP contribution in [0.3, 0.4) is 0 Å². The van der Waals surface area contributed by atoms with Gasteiger partial charge in [0.2, 0.25) is 21.8 Å². The molecule has 0 aliphatic carbocycles. The van der Waals surface area contributed by atoms with Crippen molar-refractivity contribution in [1.29, 1.82) is 0 Å². The van der Waals surface area contributed by atoms with Crippen molar-refractivity contribution < 1.29 is 22.7 Å². The van der Waals surface area contributed by atoms with Gasteiger partial charge in [-0.25, -0.2) is 13.1 Å². The number of piperidine rings is 1. The molecular formula is C22H32N4O5S. The summed E-state index contributed by atoms with van der Waals surface area (Å²) in [7, 11) is -2.19. The van der Waals surface area contributed by atoms with Gasteiger partial charge in [0.25, 0.3) is 0 Å². The van der Waals surface area contributed by atoms with Gasteiger partial charge in [0, 0.05) is 44.7 Å². The zero-order chi connectivity index (χ0) is 22.7. The van der Waals surface area contributed by atoms with Crippen molar-refractivity contribution in [2.75, 3.05) is 33.3 Å². The number of methoxy groups -OCH3 is 1. The first-order valence-corrected chi connectivity index (χ1v) is 12.8. The molecule has 176 valence electrons. The van der Waals surface area contributed by atoms with Gasteiger partial charge in [0.15, 0.2) is 0 Å². The molecule has 3 unspecified atom stereocenters. The van der Waals surface area contributed by atoms with Crippen LogP contribution in [0.15, 0.2) is 29.2 Å². The lowest BCUT2D eigenvalue weighted by atomic mass is 10.0. The summed E-state index contributed by atoms with van der Waals surface area (Å²) in [6.45, 7) is 2.61. The van der Waals surface area contributed by atoms with Crippen molar-refractivity contribution in [1.82, 2.24) is 19.8 Å². The molecule has 0 bridgehead atoms. The molecule has 0 saturated carbocycles. The Morgan fingerprint density at radius 3 is 2.59 bits per heavy atom. The quantitative estimate of drug-likeness (QED) is 0.615. The molecule has 4 rings (SSSR count). The van der Waals surface area contributed by atoms with Gasteiger partial charge in [-0.05, 0) is 56.4 Å². The van der Waals surface area contributed by atoms with Crippen LogP contribution in [0.1, 0.15) is 38.5 Å². The fourth-order valence-corrected chi connectivity index (χ4v) is 6.20. The van der Waals surface area contributed by atoms with Gasteiger partial charge in [-0.1, -0.05) is 0 Å². The average Bonchev–Trinajstić information content (AvgIpc) is 3.23. The Labute approximate surface area is 189 Å². The standard InChI is InChI=1S/C22H32N4O5S/c1-31-18-6-8-19(9-7-18)32(29,30)24-16-13-20-22(28)23-14-17(26(20)15-16)5-10-21(27)25-11-3-2-4-12-25/h6-9,16-17,20,24H,2-5,10-15H2,1H3,(H,23,28). The number of likely N-dealkylation sites (tertiary alicyclic amines) is 1. The maximum absolute atomic E-state index is 12.8. The number of amides is 2. The number of nitrogens with zero attached hydrogens (tertiary/aromatic N) is 2. The molecule has 1 aromatic rings. The maximum Gasteiger partial charge on any atom is 0.240 e. The fourth-order valence-electron chi connectivity index (χ4n) is 4.96. The molecule has 3 atom stereocenters. The van der Waals surface area contributed by atoms with Crippen LogP contribution < -0.4 is 14.8 Å². The number of sulfonamides is 1. The summed E-state index contributed by atoms with van der Waals surface area (Å²) in [5.74, 6) is 0.685. The number of carbonyl (C=O) groups excluding carboxylic acids is 2. The molecule has 0 radical (unpaired) electrons. The van der Waals surface area contributed by atoms with Gasteiger partial charge >= 0.3 is 0 Å². The topological polar surface area (TPSA) is 108 Å². The number of nitrogens with one attached hydrogen (secondary N) is 2. The van der Waals surface area contributed by atoms with Crippen LogP contribution in [-0.4, -0.2) is 81.4 Å². The van der Waals surface area contributed by atoms with Crippen molar-refractivity contribution in [3.8, 4) is 5.75 Å². The van der Waals surface area contributed by atoms with E-state index in [1.807, 2.05) is 4.90 Å². The maximum atomic E-state index is 12.8. The molecule has 0 spiro atoms. The first kappa shape index (κ1) is 23.0. The molecule has 32 heavy (non-hydrogen) atoms. The van der Waals surface area contributed by atoms with Gasteiger partial charge in [0.05, 0.1) is 18.0 Å². The van der Waals surface area contributed by atoms with Crippen LogP contribution in [0.25, 0.3) is 0 Å². The molecule has 3 saturated heterocycles. The third-order valence-electron chi connectivity index (χ3n) is 6.71. The number of piperazine rings is 1. The zero-order valence-corrected chi connectivity index (χ0v) is 19.3. The predicted molar refractivity (Wildman–Crippen MR) is 119 cm³/mol. The van der Waals surface area contributed by atoms with Crippen molar-refractivity contribution >= 4 is 21.8 Å². The molecule has 9 nitrogen and oxygen atoms in total. The minimum atomic E-state index is -3.71. The normalized spacial score (nSPS) is 26.5. The summed E-state index contributed by atoms with van der Waals surface area (Å²) in [5, 5.41) is 2.94. The highest BCUT2D eigenvalue weighted by Crippen LogP contribution is 2.27. The number of carbonyl (C=O) groups is 2. The molecule has 3 aliphatic heterocycles. The molecule has 10 heteroatoms. The Morgan fingerprint density at radius 2 is 1.91 bits per heavy atom. The first-order chi connectivity index (χ1) is 15.4. The van der Waals surface area contributed by atoms with E-state index in [0.717, 1.165) is 25.9 Å². The SMILES string of the molecule is COc1ccc(S(=O)(=O)NC2CC3C(=O)NCC(CCC(=O)N4CCCCC4)N3C2)cc1. The van der Waals surface area contributed by atoms with Crippen LogP contribution in [0.4, 0.5) is 0 Å². The smallest absolute Gasteiger partial charge is 0.240 e. The van der Waals surface area contributed by atoms with Crippen LogP contribution in [0.2, 0.25) is 0 Å². The fraction of sp³-hybridized carbons (Fsp3) is 0.636. The Bertz CT molecular complexity index is 930. The van der Waals surface area contributed by atoms with Crippen LogP contribution in [0.5, 0.6) is 5.75 Å². The highest BCUT2D eigenvalue weighted by Gasteiger charge is 2.44. The Hall–Kier alpha value is -2.17. The lowest BCUT2D eigenvalue weighted by molar-refractivity contribution is -0.133. The van der Waals surface area contributed by atoms with Crippen molar-refractivity contribution in [2.24, 2.45) is 0 Å². The van der Waals surface area contributed by atoms with Crippen molar-refractivity contribution in [3.63, 3.8) is 0 Å². The summed E-state index contributed by atoms with van der Waals surface area (Å²) in [6, 6.07) is 5.52. The van der Waals surface area contributed by atoms with E-state index in [9.17, 15) is 18.0 Å². The summed E-state index contributed by atoms with van der Waals surface area (Å²) in [4.78, 5) is 29.2. The molecule has 0 aromatic heterocycles. The van der Waals surface area contributed by atoms with E-state index in [0.29, 0.717) is 38.1 Å². The second-order valence-corrected chi connectivity index (χ2v) is 10.5. The summed E-state index contributed by atoms with van der Waals surface area (Å²) in [5.41, 5.74) is 0. The van der Waals surface area contributed by atoms with E-state index >= 15 is 0 Å². The van der Waals surface area contributed by atoms with Crippen LogP contribution >= 0.6 is 0 Å². The lowest BCUT2D eigenvalue weighted by Crippen LogP contribution is -2.58. The highest BCUT2D eigenvalue weighted by molar-refractivity contribution is 7.89. The van der Waals surface area contributed by atoms with E-state index in [4.69, 9.17) is 4.74 Å². The largest absolute Gasteiger partial charge is 0.497 e. The lowest BCUT2D eigenvalue weighted by Gasteiger charge is -2.37. The first-order valence-electron chi connectivity index (χ1n) is 11.3. The molecule has 3 fully saturated rings. The van der Waals surface area contributed by atoms with Gasteiger partial charge in [-0.3, -0.25) is 14.5 Å². The summed E-state index contributed by atoms with van der Waals surface area (Å²) < 4.78 is 33.5. The summed E-state index contributed by atoms with van der Waals surface area (Å²) >= 11 is 0. The van der Waals surface area contributed by atoms with Crippen LogP contribution in [-0.2, 0) is 19.6 Å². The second-order valence-electron chi connectivity index (χ2n) is 8.82. The average molecular weight is 465 g/mol. The number of hydrogen-bond acceptors (Lipinski definition) is 6. The number of ether oxygens (including phenoxy) is 1. The summed E-state index contributed by atoms with van der Waals surface area (Å²) in [6.07, 6.45) is 4.83. The van der Waals surface area contributed by atoms with Gasteiger partial charge in [-0.15, -0.1) is 0 Å². The van der Waals surface area contributed by atoms with Crippen LogP contribution in [0, 0.1) is 0 Å². The third-order valence-corrected chi connectivity index (χ3v) is 8.25. The van der Waals surface area contributed by atoms with Gasteiger partial charge in [-0.2, -0.15) is 0 Å². The molecule has 2 amide bonds. The monoisotopic (exact) mass is 464 g/mol. The molecule has 2 N–H and O–H groups in total. The number of hydrogen-bond donors (Lipinski definition) is 2. The van der Waals surface area contributed by atoms with Gasteiger partial charge in [0.1, 0.15) is 5.75 Å². The highest BCUT2D eigenvalue weighted by atomic mass is 32.2. The number of benzene rings is 1. The third kappa shape index (κ3) is 5.07. The Balaban J connectivity index is 1.37. The molecular weight excluding hydrogens is 432 g/mol. The van der Waals surface area contributed by atoms with E-state index in [1.54, 1.807) is 12.1 Å². The van der Waals surface area contributed by atoms with E-state index in [-0.39, 0.29) is 34.8 Å². The molecule has 3 aliphatic rings. The second kappa shape index (κ2) is 9.76. The number of fused-ring (bicyclic) bond motifs is 1. The predicted octanol–water partition coefficient (Wildman–Crippen LogP) is 0.708. The van der Waals surface area contributed by atoms with E-state index in [2.05, 4.69) is 14.9 Å². The van der Waals surface area contributed by atoms with E-state index < -0.39 is 10.0 Å². The van der Waals surface area contributed by atoms with E-state index in [1.165, 1.54) is 25.7 Å². The van der Waals surface area contributed by atoms with Crippen molar-refractivity contribution in [3.05, 3.63) is 24.3 Å². The Kier molecular flexibility index (Phi) is 7.02. The minimum absolute atomic E-state index is 0.0296. The van der Waals surface area contributed by atoms with Gasteiger partial charge < -0.3 is 15.0 Å².